The summed E-state index contributed by atoms with van der Waals surface area (Å²) < 4.78 is 26.6. The van der Waals surface area contributed by atoms with Crippen LogP contribution >= 0.6 is 0 Å². The number of fused-ring (bicyclic) bond motifs is 2. The molecule has 0 radical (unpaired) electrons. The fourth-order valence-electron chi connectivity index (χ4n) is 6.01. The van der Waals surface area contributed by atoms with Gasteiger partial charge in [-0.15, -0.1) is 0 Å². The largest absolute Gasteiger partial charge is 0.485 e. The van der Waals surface area contributed by atoms with Crippen molar-refractivity contribution in [3.05, 3.63) is 83.7 Å². The van der Waals surface area contributed by atoms with Gasteiger partial charge in [-0.05, 0) is 49.7 Å². The number of anilines is 2. The molecule has 2 saturated heterocycles. The number of ether oxygens (including phenoxy) is 2. The lowest BCUT2D eigenvalue weighted by atomic mass is 10.0. The molecule has 2 N–H and O–H groups in total. The maximum absolute atomic E-state index is 15.2. The molecule has 3 aliphatic heterocycles. The number of pyridine rings is 1. The maximum atomic E-state index is 15.2. The molecule has 2 fully saturated rings. The number of piperazine rings is 1. The standard InChI is InChI=1S/C32H37FN6O3/c1-3-39-28-10-9-25(33)23(31(28)42-21-29(39)30(34)32(40)38-17-19-41-20-18-38)11-12-36-13-15-37(16-14-36)27-6-4-5-26-24(27)8-7-22(2)35-26/h3-10H,1,11-21,34H2,2H3/b30-29-. The van der Waals surface area contributed by atoms with E-state index in [4.69, 9.17) is 15.2 Å². The number of carbonyl (C=O) groups is 1. The Morgan fingerprint density at radius 2 is 1.83 bits per heavy atom. The summed E-state index contributed by atoms with van der Waals surface area (Å²) in [5.41, 5.74) is 11.3. The van der Waals surface area contributed by atoms with Crippen LogP contribution in [0.5, 0.6) is 5.75 Å². The quantitative estimate of drug-likeness (QED) is 0.450. The highest BCUT2D eigenvalue weighted by atomic mass is 19.1. The third-order valence-corrected chi connectivity index (χ3v) is 8.35. The first kappa shape index (κ1) is 28.0. The number of aromatic nitrogens is 1. The van der Waals surface area contributed by atoms with Crippen LogP contribution in [0.4, 0.5) is 15.8 Å². The van der Waals surface area contributed by atoms with E-state index in [1.165, 1.54) is 17.1 Å². The van der Waals surface area contributed by atoms with Gasteiger partial charge in [-0.3, -0.25) is 14.7 Å². The topological polar surface area (TPSA) is 87.4 Å². The van der Waals surface area contributed by atoms with Crippen LogP contribution in [0.25, 0.3) is 10.9 Å². The van der Waals surface area contributed by atoms with Crippen LogP contribution in [-0.2, 0) is 16.0 Å². The molecule has 0 aliphatic carbocycles. The van der Waals surface area contributed by atoms with Crippen molar-refractivity contribution >= 4 is 28.2 Å². The first-order chi connectivity index (χ1) is 20.4. The van der Waals surface area contributed by atoms with Crippen LogP contribution < -0.4 is 20.3 Å². The van der Waals surface area contributed by atoms with Crippen molar-refractivity contribution in [3.8, 4) is 5.75 Å². The molecule has 42 heavy (non-hydrogen) atoms. The van der Waals surface area contributed by atoms with Crippen molar-refractivity contribution in [2.75, 3.05) is 75.4 Å². The molecule has 0 bridgehead atoms. The number of nitrogens with two attached hydrogens (primary N) is 1. The van der Waals surface area contributed by atoms with Crippen LogP contribution in [0.15, 0.2) is 66.6 Å². The van der Waals surface area contributed by atoms with Crippen molar-refractivity contribution < 1.29 is 18.7 Å². The molecule has 4 heterocycles. The second-order valence-electron chi connectivity index (χ2n) is 10.9. The number of amides is 1. The van der Waals surface area contributed by atoms with Crippen molar-refractivity contribution in [2.24, 2.45) is 5.73 Å². The minimum absolute atomic E-state index is 0.0511. The van der Waals surface area contributed by atoms with E-state index in [1.54, 1.807) is 22.1 Å². The van der Waals surface area contributed by atoms with Crippen molar-refractivity contribution in [3.63, 3.8) is 0 Å². The van der Waals surface area contributed by atoms with Gasteiger partial charge in [-0.25, -0.2) is 4.39 Å². The highest BCUT2D eigenvalue weighted by Crippen LogP contribution is 2.40. The lowest BCUT2D eigenvalue weighted by Gasteiger charge is -2.37. The molecule has 1 aromatic heterocycles. The van der Waals surface area contributed by atoms with Gasteiger partial charge in [0.25, 0.3) is 5.91 Å². The Kier molecular flexibility index (Phi) is 7.99. The first-order valence-electron chi connectivity index (χ1n) is 14.5. The van der Waals surface area contributed by atoms with Crippen molar-refractivity contribution in [1.82, 2.24) is 14.8 Å². The molecule has 10 heteroatoms. The van der Waals surface area contributed by atoms with Crippen LogP contribution in [0.2, 0.25) is 0 Å². The number of carbonyl (C=O) groups excluding carboxylic acids is 1. The predicted octanol–water partition coefficient (Wildman–Crippen LogP) is 3.42. The maximum Gasteiger partial charge on any atom is 0.271 e. The third kappa shape index (κ3) is 5.39. The molecule has 0 spiro atoms. The smallest absolute Gasteiger partial charge is 0.271 e. The van der Waals surface area contributed by atoms with E-state index in [1.807, 2.05) is 6.92 Å². The zero-order valence-electron chi connectivity index (χ0n) is 24.0. The van der Waals surface area contributed by atoms with E-state index in [0.29, 0.717) is 62.0 Å². The van der Waals surface area contributed by atoms with E-state index in [-0.39, 0.29) is 24.0 Å². The zero-order valence-corrected chi connectivity index (χ0v) is 24.0. The van der Waals surface area contributed by atoms with Gasteiger partial charge in [0.15, 0.2) is 0 Å². The van der Waals surface area contributed by atoms with E-state index < -0.39 is 0 Å². The number of benzene rings is 2. The summed E-state index contributed by atoms with van der Waals surface area (Å²) >= 11 is 0. The number of morpholine rings is 1. The molecule has 6 rings (SSSR count). The number of aryl methyl sites for hydroxylation is 1. The number of halogens is 1. The molecule has 3 aliphatic rings. The van der Waals surface area contributed by atoms with Gasteiger partial charge >= 0.3 is 0 Å². The third-order valence-electron chi connectivity index (χ3n) is 8.35. The van der Waals surface area contributed by atoms with E-state index in [2.05, 4.69) is 51.7 Å². The van der Waals surface area contributed by atoms with Crippen LogP contribution in [0.3, 0.4) is 0 Å². The second kappa shape index (κ2) is 12.0. The molecular formula is C32H37FN6O3. The molecule has 220 valence electrons. The number of hydrogen-bond acceptors (Lipinski definition) is 8. The van der Waals surface area contributed by atoms with E-state index in [9.17, 15) is 4.79 Å². The fraction of sp³-hybridized carbons (Fsp3) is 0.375. The van der Waals surface area contributed by atoms with Crippen molar-refractivity contribution in [1.29, 1.82) is 0 Å². The summed E-state index contributed by atoms with van der Waals surface area (Å²) in [6.07, 6.45) is 2.10. The lowest BCUT2D eigenvalue weighted by molar-refractivity contribution is -0.131. The monoisotopic (exact) mass is 572 g/mol. The highest BCUT2D eigenvalue weighted by molar-refractivity contribution is 5.94. The van der Waals surface area contributed by atoms with E-state index in [0.717, 1.165) is 37.4 Å². The average molecular weight is 573 g/mol. The first-order valence-corrected chi connectivity index (χ1v) is 14.5. The van der Waals surface area contributed by atoms with Crippen LogP contribution in [-0.4, -0.2) is 86.3 Å². The van der Waals surface area contributed by atoms with Gasteiger partial charge in [0, 0.05) is 74.3 Å². The minimum Gasteiger partial charge on any atom is -0.485 e. The Labute approximate surface area is 245 Å². The Bertz CT molecular complexity index is 1530. The number of nitrogens with zero attached hydrogens (tertiary/aromatic N) is 5. The number of rotatable bonds is 6. The summed E-state index contributed by atoms with van der Waals surface area (Å²) in [4.78, 5) is 25.9. The van der Waals surface area contributed by atoms with Gasteiger partial charge in [0.2, 0.25) is 0 Å². The Hall–Kier alpha value is -4.15. The van der Waals surface area contributed by atoms with Crippen molar-refractivity contribution in [2.45, 2.75) is 13.3 Å². The molecule has 0 saturated carbocycles. The summed E-state index contributed by atoms with van der Waals surface area (Å²) in [5.74, 6) is -0.0919. The van der Waals surface area contributed by atoms with Gasteiger partial charge in [-0.2, -0.15) is 0 Å². The molecule has 2 aromatic carbocycles. The Morgan fingerprint density at radius 3 is 2.60 bits per heavy atom. The van der Waals surface area contributed by atoms with Gasteiger partial charge in [0.05, 0.1) is 30.1 Å². The molecule has 0 unspecified atom stereocenters. The molecule has 9 nitrogen and oxygen atoms in total. The van der Waals surface area contributed by atoms with E-state index >= 15 is 4.39 Å². The predicted molar refractivity (Wildman–Crippen MR) is 162 cm³/mol. The molecule has 0 atom stereocenters. The fourth-order valence-corrected chi connectivity index (χ4v) is 6.01. The summed E-state index contributed by atoms with van der Waals surface area (Å²) in [6.45, 7) is 12.2. The second-order valence-corrected chi connectivity index (χ2v) is 10.9. The summed E-state index contributed by atoms with van der Waals surface area (Å²) in [7, 11) is 0. The van der Waals surface area contributed by atoms with Gasteiger partial charge in [-0.1, -0.05) is 12.6 Å². The molecule has 1 amide bonds. The normalized spacial score (nSPS) is 19.0. The highest BCUT2D eigenvalue weighted by Gasteiger charge is 2.31. The summed E-state index contributed by atoms with van der Waals surface area (Å²) in [5, 5.41) is 1.17. The van der Waals surface area contributed by atoms with Crippen LogP contribution in [0, 0.1) is 12.7 Å². The molecular weight excluding hydrogens is 535 g/mol. The minimum atomic E-state index is -0.306. The summed E-state index contributed by atoms with van der Waals surface area (Å²) in [6, 6.07) is 13.6. The lowest BCUT2D eigenvalue weighted by Crippen LogP contribution is -2.47. The Balaban J connectivity index is 1.14. The van der Waals surface area contributed by atoms with Crippen LogP contribution in [0.1, 0.15) is 11.3 Å². The molecule has 3 aromatic rings. The number of hydrogen-bond donors (Lipinski definition) is 1. The average Bonchev–Trinajstić information content (AvgIpc) is 3.03. The zero-order chi connectivity index (χ0) is 29.2. The Morgan fingerprint density at radius 1 is 1.05 bits per heavy atom. The SMILES string of the molecule is C=CN1/C(=C(\N)C(=O)N2CCOCC2)COc2c1ccc(F)c2CCN1CCN(c2cccc3nc(C)ccc23)CC1. The van der Waals surface area contributed by atoms with Gasteiger partial charge < -0.3 is 29.9 Å². The van der Waals surface area contributed by atoms with Gasteiger partial charge in [0.1, 0.15) is 23.9 Å².